The molecule has 0 atom stereocenters. The highest BCUT2D eigenvalue weighted by Crippen LogP contribution is 2.34. The maximum Gasteiger partial charge on any atom is 0.338 e. The van der Waals surface area contributed by atoms with Gasteiger partial charge in [-0.05, 0) is 67.9 Å². The first-order valence-corrected chi connectivity index (χ1v) is 16.2. The lowest BCUT2D eigenvalue weighted by atomic mass is 9.98. The van der Waals surface area contributed by atoms with E-state index in [4.69, 9.17) is 25.8 Å². The summed E-state index contributed by atoms with van der Waals surface area (Å²) in [5.74, 6) is -0.0825. The van der Waals surface area contributed by atoms with Crippen molar-refractivity contribution in [3.63, 3.8) is 0 Å². The van der Waals surface area contributed by atoms with Crippen LogP contribution in [0.25, 0.3) is 11.3 Å². The predicted octanol–water partition coefficient (Wildman–Crippen LogP) is 6.69. The Morgan fingerprint density at radius 2 is 1.70 bits per heavy atom. The van der Waals surface area contributed by atoms with Crippen LogP contribution < -0.4 is 10.1 Å². The zero-order valence-corrected chi connectivity index (χ0v) is 24.3. The normalized spacial score (nSPS) is 11.4. The number of hydrogen-bond donors (Lipinski definition) is 1. The molecule has 7 nitrogen and oxygen atoms in total. The van der Waals surface area contributed by atoms with Gasteiger partial charge in [-0.1, -0.05) is 31.2 Å². The maximum absolute atomic E-state index is 13.2. The smallest absolute Gasteiger partial charge is 0.338 e. The Kier molecular flexibility index (Phi) is 9.23. The standard InChI is InChI=1S/C28H35ClN2O5Si/c1-18-14-20(29)15-24(28(33)34-4)26(18)25-16-23(19(2)31(25)3)27(32)30-21-8-10-22(11-9-21)36-17-35-12-13-37(5,6)7/h8-11,14-16H,12-13,17H2,1-7H3,(H,30,32). The number of methoxy groups -OCH3 is 1. The van der Waals surface area contributed by atoms with Crippen LogP contribution in [0.1, 0.15) is 32.0 Å². The number of esters is 1. The molecular weight excluding hydrogens is 508 g/mol. The van der Waals surface area contributed by atoms with E-state index in [1.165, 1.54) is 7.11 Å². The van der Waals surface area contributed by atoms with Gasteiger partial charge >= 0.3 is 5.97 Å². The number of carbonyl (C=O) groups is 2. The topological polar surface area (TPSA) is 78.8 Å². The van der Waals surface area contributed by atoms with Gasteiger partial charge in [0.05, 0.1) is 18.2 Å². The zero-order valence-electron chi connectivity index (χ0n) is 22.5. The molecule has 37 heavy (non-hydrogen) atoms. The van der Waals surface area contributed by atoms with E-state index in [1.807, 2.05) is 25.5 Å². The van der Waals surface area contributed by atoms with E-state index in [9.17, 15) is 9.59 Å². The lowest BCUT2D eigenvalue weighted by Gasteiger charge is -2.15. The Labute approximate surface area is 224 Å². The Morgan fingerprint density at radius 1 is 1.03 bits per heavy atom. The van der Waals surface area contributed by atoms with Crippen molar-refractivity contribution >= 4 is 37.2 Å². The van der Waals surface area contributed by atoms with E-state index < -0.39 is 14.0 Å². The first-order valence-electron chi connectivity index (χ1n) is 12.1. The van der Waals surface area contributed by atoms with Crippen molar-refractivity contribution < 1.29 is 23.8 Å². The molecule has 0 saturated carbocycles. The summed E-state index contributed by atoms with van der Waals surface area (Å²) in [4.78, 5) is 25.6. The third-order valence-electron chi connectivity index (χ3n) is 6.16. The van der Waals surface area contributed by atoms with Crippen LogP contribution in [0.4, 0.5) is 5.69 Å². The second kappa shape index (κ2) is 12.0. The Bertz CT molecular complexity index is 1280. The summed E-state index contributed by atoms with van der Waals surface area (Å²) in [6.45, 7) is 11.5. The molecule has 0 radical (unpaired) electrons. The maximum atomic E-state index is 13.2. The monoisotopic (exact) mass is 542 g/mol. The third-order valence-corrected chi connectivity index (χ3v) is 8.08. The number of hydrogen-bond acceptors (Lipinski definition) is 5. The number of ether oxygens (including phenoxy) is 3. The third kappa shape index (κ3) is 7.25. The molecule has 1 N–H and O–H groups in total. The molecule has 0 spiro atoms. The highest BCUT2D eigenvalue weighted by atomic mass is 35.5. The summed E-state index contributed by atoms with van der Waals surface area (Å²) in [5, 5.41) is 3.38. The highest BCUT2D eigenvalue weighted by molar-refractivity contribution is 6.76. The van der Waals surface area contributed by atoms with Gasteiger partial charge in [-0.2, -0.15) is 0 Å². The average molecular weight is 543 g/mol. The molecule has 0 saturated heterocycles. The molecule has 0 aliphatic heterocycles. The first kappa shape index (κ1) is 28.5. The first-order chi connectivity index (χ1) is 17.4. The molecule has 3 rings (SSSR count). The number of nitrogens with zero attached hydrogens (tertiary/aromatic N) is 1. The lowest BCUT2D eigenvalue weighted by Crippen LogP contribution is -2.22. The fourth-order valence-corrected chi connectivity index (χ4v) is 4.93. The molecule has 1 aromatic heterocycles. The van der Waals surface area contributed by atoms with E-state index in [1.54, 1.807) is 42.5 Å². The molecule has 3 aromatic rings. The van der Waals surface area contributed by atoms with Crippen molar-refractivity contribution in [1.29, 1.82) is 0 Å². The van der Waals surface area contributed by atoms with Gasteiger partial charge in [0, 0.05) is 49.4 Å². The molecule has 0 unspecified atom stereocenters. The van der Waals surface area contributed by atoms with E-state index in [0.717, 1.165) is 23.0 Å². The van der Waals surface area contributed by atoms with Crippen LogP contribution in [0.5, 0.6) is 5.75 Å². The van der Waals surface area contributed by atoms with Crippen LogP contribution >= 0.6 is 11.6 Å². The lowest BCUT2D eigenvalue weighted by molar-refractivity contribution is 0.0220. The number of anilines is 1. The van der Waals surface area contributed by atoms with Crippen LogP contribution in [0.2, 0.25) is 30.7 Å². The largest absolute Gasteiger partial charge is 0.468 e. The van der Waals surface area contributed by atoms with E-state index in [2.05, 4.69) is 25.0 Å². The molecule has 0 fully saturated rings. The number of aromatic nitrogens is 1. The van der Waals surface area contributed by atoms with Gasteiger partial charge in [0.25, 0.3) is 5.91 Å². The Hall–Kier alpha value is -3.07. The summed E-state index contributed by atoms with van der Waals surface area (Å²) in [6.07, 6.45) is 0. The summed E-state index contributed by atoms with van der Waals surface area (Å²) in [7, 11) is 2.06. The van der Waals surface area contributed by atoms with Crippen molar-refractivity contribution in [2.45, 2.75) is 39.5 Å². The van der Waals surface area contributed by atoms with E-state index in [-0.39, 0.29) is 12.7 Å². The van der Waals surface area contributed by atoms with Gasteiger partial charge in [0.2, 0.25) is 0 Å². The predicted molar refractivity (Wildman–Crippen MR) is 151 cm³/mol. The number of carbonyl (C=O) groups excluding carboxylic acids is 2. The van der Waals surface area contributed by atoms with Gasteiger partial charge in [0.1, 0.15) is 5.75 Å². The van der Waals surface area contributed by atoms with Gasteiger partial charge in [-0.3, -0.25) is 4.79 Å². The fraction of sp³-hybridized carbons (Fsp3) is 0.357. The van der Waals surface area contributed by atoms with Crippen LogP contribution in [0, 0.1) is 13.8 Å². The second-order valence-corrected chi connectivity index (χ2v) is 16.2. The van der Waals surface area contributed by atoms with Gasteiger partial charge in [-0.25, -0.2) is 4.79 Å². The minimum absolute atomic E-state index is 0.194. The molecule has 0 bridgehead atoms. The Morgan fingerprint density at radius 3 is 2.32 bits per heavy atom. The van der Waals surface area contributed by atoms with Crippen molar-refractivity contribution in [2.75, 3.05) is 25.8 Å². The van der Waals surface area contributed by atoms with E-state index >= 15 is 0 Å². The minimum Gasteiger partial charge on any atom is -0.468 e. The summed E-state index contributed by atoms with van der Waals surface area (Å²) >= 11 is 6.20. The van der Waals surface area contributed by atoms with Crippen LogP contribution in [0.3, 0.4) is 0 Å². The quantitative estimate of drug-likeness (QED) is 0.134. The SMILES string of the molecule is COC(=O)c1cc(Cl)cc(C)c1-c1cc(C(=O)Nc2ccc(OCOCC[Si](C)(C)C)cc2)c(C)n1C. The van der Waals surface area contributed by atoms with Gasteiger partial charge in [-0.15, -0.1) is 0 Å². The summed E-state index contributed by atoms with van der Waals surface area (Å²) in [6, 6.07) is 13.4. The molecule has 1 amide bonds. The number of nitrogens with one attached hydrogen (secondary N) is 1. The van der Waals surface area contributed by atoms with Crippen molar-refractivity contribution in [3.8, 4) is 17.0 Å². The van der Waals surface area contributed by atoms with Crippen LogP contribution in [-0.4, -0.2) is 45.0 Å². The van der Waals surface area contributed by atoms with Crippen molar-refractivity contribution in [1.82, 2.24) is 4.57 Å². The fourth-order valence-electron chi connectivity index (χ4n) is 3.90. The second-order valence-electron chi connectivity index (χ2n) is 10.2. The molecule has 0 aliphatic rings. The summed E-state index contributed by atoms with van der Waals surface area (Å²) in [5.41, 5.74) is 4.44. The molecular formula is C28H35ClN2O5Si. The number of benzene rings is 2. The van der Waals surface area contributed by atoms with Crippen LogP contribution in [0.15, 0.2) is 42.5 Å². The molecule has 0 aliphatic carbocycles. The summed E-state index contributed by atoms with van der Waals surface area (Å²) < 4.78 is 18.1. The average Bonchev–Trinajstić information content (AvgIpc) is 3.12. The molecule has 2 aromatic carbocycles. The van der Waals surface area contributed by atoms with Gasteiger partial charge < -0.3 is 24.1 Å². The number of aryl methyl sites for hydroxylation is 1. The van der Waals surface area contributed by atoms with Gasteiger partial charge in [0.15, 0.2) is 6.79 Å². The number of amides is 1. The molecule has 9 heteroatoms. The number of halogens is 1. The minimum atomic E-state index is -1.13. The zero-order chi connectivity index (χ0) is 27.3. The van der Waals surface area contributed by atoms with E-state index in [0.29, 0.717) is 39.8 Å². The Balaban J connectivity index is 1.73. The number of rotatable bonds is 10. The van der Waals surface area contributed by atoms with Crippen LogP contribution in [-0.2, 0) is 16.5 Å². The molecule has 198 valence electrons. The van der Waals surface area contributed by atoms with Crippen molar-refractivity contribution in [3.05, 3.63) is 69.9 Å². The highest BCUT2D eigenvalue weighted by Gasteiger charge is 2.23. The molecule has 1 heterocycles. The van der Waals surface area contributed by atoms with Crippen molar-refractivity contribution in [2.24, 2.45) is 7.05 Å².